The summed E-state index contributed by atoms with van der Waals surface area (Å²) in [5.74, 6) is -0.0656. The Morgan fingerprint density at radius 2 is 1.95 bits per heavy atom. The van der Waals surface area contributed by atoms with E-state index in [0.29, 0.717) is 24.3 Å². The molecule has 0 amide bonds. The van der Waals surface area contributed by atoms with Crippen molar-refractivity contribution in [1.29, 1.82) is 0 Å². The van der Waals surface area contributed by atoms with Crippen LogP contribution in [-0.2, 0) is 0 Å². The van der Waals surface area contributed by atoms with E-state index in [0.717, 1.165) is 19.3 Å². The van der Waals surface area contributed by atoms with Gasteiger partial charge in [0.2, 0.25) is 0 Å². The van der Waals surface area contributed by atoms with Crippen LogP contribution in [0.5, 0.6) is 0 Å². The molecule has 1 fully saturated rings. The van der Waals surface area contributed by atoms with Crippen molar-refractivity contribution in [3.05, 3.63) is 47.3 Å². The summed E-state index contributed by atoms with van der Waals surface area (Å²) in [5.41, 5.74) is 1.29. The molecule has 0 saturated carbocycles. The molecule has 1 aliphatic heterocycles. The van der Waals surface area contributed by atoms with Gasteiger partial charge in [0.15, 0.2) is 5.78 Å². The molecule has 1 heterocycles. The van der Waals surface area contributed by atoms with Crippen molar-refractivity contribution in [2.45, 2.75) is 19.3 Å². The van der Waals surface area contributed by atoms with Gasteiger partial charge in [-0.05, 0) is 25.3 Å². The van der Waals surface area contributed by atoms with Crippen molar-refractivity contribution in [3.63, 3.8) is 0 Å². The predicted octanol–water partition coefficient (Wildman–Crippen LogP) is 2.93. The Balaban J connectivity index is 2.21. The quantitative estimate of drug-likeness (QED) is 0.367. The third-order valence-electron chi connectivity index (χ3n) is 3.66. The molecule has 1 saturated heterocycles. The lowest BCUT2D eigenvalue weighted by atomic mass is 10.1. The van der Waals surface area contributed by atoms with Crippen LogP contribution in [0.15, 0.2) is 36.5 Å². The molecule has 0 N–H and O–H groups in total. The van der Waals surface area contributed by atoms with Crippen LogP contribution in [0.3, 0.4) is 0 Å². The number of allylic oxidation sites excluding steroid dienone is 1. The Morgan fingerprint density at radius 1 is 1.25 bits per heavy atom. The van der Waals surface area contributed by atoms with Crippen LogP contribution in [0.2, 0.25) is 0 Å². The van der Waals surface area contributed by atoms with Crippen molar-refractivity contribution >= 4 is 11.5 Å². The smallest absolute Gasteiger partial charge is 0.187 e. The minimum atomic E-state index is -0.293. The Kier molecular flexibility index (Phi) is 4.57. The van der Waals surface area contributed by atoms with Crippen LogP contribution in [0.1, 0.15) is 29.6 Å². The van der Waals surface area contributed by atoms with Crippen LogP contribution in [-0.4, -0.2) is 37.9 Å². The topological polar surface area (TPSA) is 43.4 Å². The number of quaternary nitrogens is 1. The zero-order valence-corrected chi connectivity index (χ0v) is 12.2. The van der Waals surface area contributed by atoms with Gasteiger partial charge in [-0.25, -0.2) is 0 Å². The normalized spacial score (nSPS) is 18.1. The van der Waals surface area contributed by atoms with Crippen LogP contribution in [0.25, 0.3) is 0 Å². The summed E-state index contributed by atoms with van der Waals surface area (Å²) in [6.45, 7) is 1.23. The number of carbonyl (C=O) groups is 1. The first-order chi connectivity index (χ1) is 9.51. The lowest BCUT2D eigenvalue weighted by Gasteiger charge is -2.44. The number of hydrogen-bond donors (Lipinski definition) is 0. The Morgan fingerprint density at radius 3 is 2.60 bits per heavy atom. The molecule has 20 heavy (non-hydrogen) atoms. The zero-order valence-electron chi connectivity index (χ0n) is 12.2. The second-order valence-electron chi connectivity index (χ2n) is 5.59. The number of hydrogen-bond acceptors (Lipinski definition) is 3. The highest BCUT2D eigenvalue weighted by molar-refractivity contribution is 6.04. The number of benzene rings is 1. The van der Waals surface area contributed by atoms with Gasteiger partial charge in [-0.1, -0.05) is 12.1 Å². The Hall–Kier alpha value is -1.65. The molecule has 0 unspecified atom stereocenters. The minimum Gasteiger partial charge on any atom is -0.627 e. The fraction of sp³-hybridized carbons (Fsp3) is 0.438. The number of ketones is 1. The van der Waals surface area contributed by atoms with E-state index in [1.165, 1.54) is 6.08 Å². The summed E-state index contributed by atoms with van der Waals surface area (Å²) < 4.78 is -0.293. The molecule has 0 aromatic heterocycles. The highest BCUT2D eigenvalue weighted by Crippen LogP contribution is 2.28. The number of hydroxylamine groups is 2. The lowest BCUT2D eigenvalue weighted by Crippen LogP contribution is -2.47. The van der Waals surface area contributed by atoms with E-state index in [1.54, 1.807) is 24.4 Å². The maximum absolute atomic E-state index is 12.8. The molecule has 1 aliphatic rings. The van der Waals surface area contributed by atoms with Gasteiger partial charge in [-0.15, -0.1) is 0 Å². The van der Waals surface area contributed by atoms with Crippen molar-refractivity contribution in [3.8, 4) is 0 Å². The zero-order chi connectivity index (χ0) is 14.6. The lowest BCUT2D eigenvalue weighted by molar-refractivity contribution is 0.104. The summed E-state index contributed by atoms with van der Waals surface area (Å²) in [6.07, 6.45) is 6.30. The van der Waals surface area contributed by atoms with Gasteiger partial charge in [0.25, 0.3) is 0 Å². The number of carbonyl (C=O) groups excluding carboxylic acids is 1. The van der Waals surface area contributed by atoms with Gasteiger partial charge in [-0.2, -0.15) is 0 Å². The molecule has 0 radical (unpaired) electrons. The summed E-state index contributed by atoms with van der Waals surface area (Å²) >= 11 is 0. The van der Waals surface area contributed by atoms with Gasteiger partial charge >= 0.3 is 0 Å². The molecule has 108 valence electrons. The van der Waals surface area contributed by atoms with Gasteiger partial charge < -0.3 is 14.8 Å². The van der Waals surface area contributed by atoms with Gasteiger partial charge in [-0.3, -0.25) is 4.79 Å². The van der Waals surface area contributed by atoms with E-state index in [4.69, 9.17) is 0 Å². The van der Waals surface area contributed by atoms with Crippen LogP contribution >= 0.6 is 0 Å². The fourth-order valence-electron chi connectivity index (χ4n) is 2.51. The third-order valence-corrected chi connectivity index (χ3v) is 3.66. The molecule has 4 nitrogen and oxygen atoms in total. The van der Waals surface area contributed by atoms with Crippen LogP contribution in [0.4, 0.5) is 5.69 Å². The van der Waals surface area contributed by atoms with Crippen molar-refractivity contribution < 1.29 is 4.79 Å². The maximum atomic E-state index is 12.8. The second kappa shape index (κ2) is 6.20. The molecular weight excluding hydrogens is 252 g/mol. The standard InChI is InChI=1S/C16H22N2O2/c1-17(2)10-9-16(19)14-7-6-8-15(13-14)18(20)11-4-3-5-12-18/h6-10,13H,3-5,11-12H2,1-2H3. The van der Waals surface area contributed by atoms with E-state index in [9.17, 15) is 10.0 Å². The fourth-order valence-corrected chi connectivity index (χ4v) is 2.51. The number of rotatable bonds is 4. The van der Waals surface area contributed by atoms with Gasteiger partial charge in [0, 0.05) is 38.0 Å². The number of piperidine rings is 1. The monoisotopic (exact) mass is 274 g/mol. The van der Waals surface area contributed by atoms with E-state index < -0.39 is 0 Å². The molecular formula is C16H22N2O2. The molecule has 0 bridgehead atoms. The van der Waals surface area contributed by atoms with Gasteiger partial charge in [0.05, 0.1) is 13.1 Å². The average Bonchev–Trinajstić information content (AvgIpc) is 2.45. The molecule has 0 atom stereocenters. The van der Waals surface area contributed by atoms with Crippen molar-refractivity contribution in [2.75, 3.05) is 27.2 Å². The first-order valence-electron chi connectivity index (χ1n) is 7.09. The average molecular weight is 274 g/mol. The Labute approximate surface area is 120 Å². The minimum absolute atomic E-state index is 0.0656. The van der Waals surface area contributed by atoms with Crippen LogP contribution < -0.4 is 4.65 Å². The van der Waals surface area contributed by atoms with E-state index in [1.807, 2.05) is 25.1 Å². The molecule has 1 aromatic rings. The van der Waals surface area contributed by atoms with Crippen LogP contribution in [0, 0.1) is 5.21 Å². The first kappa shape index (κ1) is 14.8. The molecule has 4 heteroatoms. The third kappa shape index (κ3) is 3.46. The first-order valence-corrected chi connectivity index (χ1v) is 7.09. The van der Waals surface area contributed by atoms with Gasteiger partial charge in [0.1, 0.15) is 5.69 Å². The molecule has 0 spiro atoms. The summed E-state index contributed by atoms with van der Waals surface area (Å²) in [5, 5.41) is 12.8. The molecule has 1 aromatic carbocycles. The summed E-state index contributed by atoms with van der Waals surface area (Å²) in [6, 6.07) is 7.16. The highest BCUT2D eigenvalue weighted by atomic mass is 16.5. The van der Waals surface area contributed by atoms with E-state index in [-0.39, 0.29) is 10.4 Å². The molecule has 2 rings (SSSR count). The maximum Gasteiger partial charge on any atom is 0.187 e. The van der Waals surface area contributed by atoms with E-state index >= 15 is 0 Å². The summed E-state index contributed by atoms with van der Waals surface area (Å²) in [7, 11) is 3.73. The highest BCUT2D eigenvalue weighted by Gasteiger charge is 2.24. The predicted molar refractivity (Wildman–Crippen MR) is 82.3 cm³/mol. The van der Waals surface area contributed by atoms with E-state index in [2.05, 4.69) is 0 Å². The Bertz CT molecular complexity index is 503. The number of nitrogens with zero attached hydrogens (tertiary/aromatic N) is 2. The summed E-state index contributed by atoms with van der Waals surface area (Å²) in [4.78, 5) is 13.9. The van der Waals surface area contributed by atoms with Crippen molar-refractivity contribution in [2.24, 2.45) is 0 Å². The van der Waals surface area contributed by atoms with Crippen molar-refractivity contribution in [1.82, 2.24) is 9.55 Å². The molecule has 0 aliphatic carbocycles. The SMILES string of the molecule is CN(C)C=CC(=O)c1cccc([N+]2([O-])CCCCC2)c1. The largest absolute Gasteiger partial charge is 0.627 e. The second-order valence-corrected chi connectivity index (χ2v) is 5.59.